The van der Waals surface area contributed by atoms with Gasteiger partial charge in [0, 0.05) is 50.1 Å². The number of nitro benzene ring substituents is 1. The van der Waals surface area contributed by atoms with Crippen LogP contribution in [-0.4, -0.2) is 63.2 Å². The number of aromatic nitrogens is 2. The molecule has 0 bridgehead atoms. The Morgan fingerprint density at radius 2 is 1.81 bits per heavy atom. The summed E-state index contributed by atoms with van der Waals surface area (Å²) in [4.78, 5) is 37.6. The van der Waals surface area contributed by atoms with Gasteiger partial charge in [0.25, 0.3) is 11.6 Å². The van der Waals surface area contributed by atoms with E-state index in [9.17, 15) is 19.7 Å². The molecular weight excluding hydrogens is 342 g/mol. The van der Waals surface area contributed by atoms with Crippen LogP contribution in [0.1, 0.15) is 20.7 Å². The van der Waals surface area contributed by atoms with Gasteiger partial charge in [-0.1, -0.05) is 0 Å². The summed E-state index contributed by atoms with van der Waals surface area (Å²) >= 11 is 0. The number of hydrogen-bond donors (Lipinski definition) is 1. The molecule has 0 spiro atoms. The van der Waals surface area contributed by atoms with Crippen LogP contribution in [0, 0.1) is 10.1 Å². The Balaban J connectivity index is 1.76. The highest BCUT2D eigenvalue weighted by atomic mass is 16.6. The molecule has 1 saturated heterocycles. The van der Waals surface area contributed by atoms with Crippen molar-refractivity contribution in [2.75, 3.05) is 31.1 Å². The summed E-state index contributed by atoms with van der Waals surface area (Å²) < 4.78 is 0. The lowest BCUT2D eigenvalue weighted by molar-refractivity contribution is -0.384. The number of anilines is 1. The predicted molar refractivity (Wildman–Crippen MR) is 90.2 cm³/mol. The fourth-order valence-corrected chi connectivity index (χ4v) is 2.75. The Labute approximate surface area is 147 Å². The van der Waals surface area contributed by atoms with Gasteiger partial charge in [-0.05, 0) is 18.2 Å². The minimum atomic E-state index is -1.32. The Morgan fingerprint density at radius 3 is 2.38 bits per heavy atom. The molecule has 0 saturated carbocycles. The molecule has 1 amide bonds. The van der Waals surface area contributed by atoms with Crippen molar-refractivity contribution < 1.29 is 19.6 Å². The quantitative estimate of drug-likeness (QED) is 0.635. The molecule has 1 aliphatic heterocycles. The van der Waals surface area contributed by atoms with Crippen molar-refractivity contribution in [2.24, 2.45) is 0 Å². The maximum atomic E-state index is 12.7. The fraction of sp³-hybridized carbons (Fsp3) is 0.250. The molecule has 10 heteroatoms. The van der Waals surface area contributed by atoms with E-state index in [2.05, 4.69) is 10.2 Å². The molecule has 0 unspecified atom stereocenters. The number of carboxylic acid groups (broad SMARTS) is 1. The van der Waals surface area contributed by atoms with Crippen LogP contribution in [0.25, 0.3) is 0 Å². The van der Waals surface area contributed by atoms with Crippen molar-refractivity contribution in [3.05, 3.63) is 57.8 Å². The van der Waals surface area contributed by atoms with Crippen molar-refractivity contribution >= 4 is 23.4 Å². The second-order valence-corrected chi connectivity index (χ2v) is 5.69. The number of non-ortho nitro benzene ring substituents is 1. The average molecular weight is 357 g/mol. The monoisotopic (exact) mass is 357 g/mol. The average Bonchev–Trinajstić information content (AvgIpc) is 2.67. The van der Waals surface area contributed by atoms with E-state index < -0.39 is 22.5 Å². The van der Waals surface area contributed by atoms with Gasteiger partial charge in [-0.25, -0.2) is 4.79 Å². The maximum Gasteiger partial charge on any atom is 0.335 e. The van der Waals surface area contributed by atoms with Crippen LogP contribution >= 0.6 is 0 Å². The lowest BCUT2D eigenvalue weighted by Gasteiger charge is -2.35. The van der Waals surface area contributed by atoms with Crippen molar-refractivity contribution in [2.45, 2.75) is 0 Å². The summed E-state index contributed by atoms with van der Waals surface area (Å²) in [5.74, 6) is -1.05. The van der Waals surface area contributed by atoms with E-state index in [1.54, 1.807) is 12.3 Å². The fourth-order valence-electron chi connectivity index (χ4n) is 2.75. The molecule has 1 aromatic carbocycles. The zero-order chi connectivity index (χ0) is 18.7. The largest absolute Gasteiger partial charge is 0.478 e. The number of aromatic carboxylic acids is 1. The van der Waals surface area contributed by atoms with Crippen LogP contribution in [0.2, 0.25) is 0 Å². The summed E-state index contributed by atoms with van der Waals surface area (Å²) in [6.45, 7) is 1.84. The van der Waals surface area contributed by atoms with Crippen LogP contribution < -0.4 is 4.90 Å². The smallest absolute Gasteiger partial charge is 0.335 e. The summed E-state index contributed by atoms with van der Waals surface area (Å²) in [6.07, 6.45) is 1.58. The summed E-state index contributed by atoms with van der Waals surface area (Å²) in [6, 6.07) is 6.79. The Kier molecular flexibility index (Phi) is 4.74. The van der Waals surface area contributed by atoms with E-state index in [0.29, 0.717) is 32.0 Å². The Bertz CT molecular complexity index is 817. The van der Waals surface area contributed by atoms with Gasteiger partial charge < -0.3 is 14.9 Å². The molecule has 26 heavy (non-hydrogen) atoms. The number of rotatable bonds is 4. The number of carboxylic acids is 1. The standard InChI is InChI=1S/C16H15N5O5/c22-15(11-8-12(16(23)24)10-13(9-11)21(25)26)20-6-4-19(5-7-20)14-2-1-3-17-18-14/h1-3,8-10H,4-7H2,(H,23,24). The van der Waals surface area contributed by atoms with Gasteiger partial charge in [0.1, 0.15) is 0 Å². The molecule has 0 aliphatic carbocycles. The van der Waals surface area contributed by atoms with Gasteiger partial charge in [0.2, 0.25) is 0 Å². The first-order valence-electron chi connectivity index (χ1n) is 7.80. The van der Waals surface area contributed by atoms with Crippen molar-refractivity contribution in [3.8, 4) is 0 Å². The predicted octanol–water partition coefficient (Wildman–Crippen LogP) is 1.05. The van der Waals surface area contributed by atoms with E-state index in [4.69, 9.17) is 5.11 Å². The summed E-state index contributed by atoms with van der Waals surface area (Å²) in [7, 11) is 0. The minimum absolute atomic E-state index is 0.00967. The molecule has 0 atom stereocenters. The zero-order valence-electron chi connectivity index (χ0n) is 13.6. The topological polar surface area (TPSA) is 130 Å². The third-order valence-corrected chi connectivity index (χ3v) is 4.07. The molecule has 0 radical (unpaired) electrons. The van der Waals surface area contributed by atoms with Crippen LogP contribution in [0.15, 0.2) is 36.5 Å². The first kappa shape index (κ1) is 17.3. The first-order chi connectivity index (χ1) is 12.5. The van der Waals surface area contributed by atoms with Gasteiger partial charge in [0.15, 0.2) is 5.82 Å². The molecule has 2 heterocycles. The molecule has 1 N–H and O–H groups in total. The second kappa shape index (κ2) is 7.13. The number of amides is 1. The highest BCUT2D eigenvalue weighted by molar-refractivity contribution is 5.98. The van der Waals surface area contributed by atoms with Crippen molar-refractivity contribution in [1.29, 1.82) is 0 Å². The highest BCUT2D eigenvalue weighted by Gasteiger charge is 2.25. The number of carbonyl (C=O) groups excluding carboxylic acids is 1. The number of nitrogens with zero attached hydrogens (tertiary/aromatic N) is 5. The van der Waals surface area contributed by atoms with Crippen LogP contribution in [0.3, 0.4) is 0 Å². The number of hydrogen-bond acceptors (Lipinski definition) is 7. The Morgan fingerprint density at radius 1 is 1.12 bits per heavy atom. The molecule has 2 aromatic rings. The Hall–Kier alpha value is -3.56. The molecule has 1 fully saturated rings. The van der Waals surface area contributed by atoms with E-state index >= 15 is 0 Å². The number of nitro groups is 1. The molecule has 1 aromatic heterocycles. The van der Waals surface area contributed by atoms with Gasteiger partial charge in [-0.2, -0.15) is 5.10 Å². The van der Waals surface area contributed by atoms with Gasteiger partial charge in [-0.3, -0.25) is 14.9 Å². The zero-order valence-corrected chi connectivity index (χ0v) is 13.6. The number of benzene rings is 1. The molecule has 10 nitrogen and oxygen atoms in total. The molecule has 134 valence electrons. The molecule has 1 aliphatic rings. The minimum Gasteiger partial charge on any atom is -0.478 e. The van der Waals surface area contributed by atoms with Crippen LogP contribution in [0.4, 0.5) is 11.5 Å². The SMILES string of the molecule is O=C(O)c1cc(C(=O)N2CCN(c3cccnn3)CC2)cc([N+](=O)[O-])c1. The van der Waals surface area contributed by atoms with E-state index in [0.717, 1.165) is 18.2 Å². The van der Waals surface area contributed by atoms with Crippen molar-refractivity contribution in [3.63, 3.8) is 0 Å². The van der Waals surface area contributed by atoms with Crippen LogP contribution in [0.5, 0.6) is 0 Å². The van der Waals surface area contributed by atoms with E-state index in [-0.39, 0.29) is 11.1 Å². The molecule has 3 rings (SSSR count). The summed E-state index contributed by atoms with van der Waals surface area (Å²) in [5.41, 5.74) is -0.725. The van der Waals surface area contributed by atoms with Gasteiger partial charge in [0.05, 0.1) is 10.5 Å². The maximum absolute atomic E-state index is 12.7. The normalized spacial score (nSPS) is 14.2. The first-order valence-corrected chi connectivity index (χ1v) is 7.80. The second-order valence-electron chi connectivity index (χ2n) is 5.69. The van der Waals surface area contributed by atoms with Gasteiger partial charge >= 0.3 is 5.97 Å². The van der Waals surface area contributed by atoms with E-state index in [1.807, 2.05) is 11.0 Å². The van der Waals surface area contributed by atoms with Gasteiger partial charge in [-0.15, -0.1) is 5.10 Å². The van der Waals surface area contributed by atoms with Crippen LogP contribution in [-0.2, 0) is 0 Å². The van der Waals surface area contributed by atoms with Crippen molar-refractivity contribution in [1.82, 2.24) is 15.1 Å². The lowest BCUT2D eigenvalue weighted by Crippen LogP contribution is -2.49. The number of carbonyl (C=O) groups is 2. The van der Waals surface area contributed by atoms with E-state index in [1.165, 1.54) is 4.90 Å². The lowest BCUT2D eigenvalue weighted by atomic mass is 10.1. The number of piperazine rings is 1. The summed E-state index contributed by atoms with van der Waals surface area (Å²) in [5, 5.41) is 27.9. The third kappa shape index (κ3) is 3.58. The molecular formula is C16H15N5O5. The highest BCUT2D eigenvalue weighted by Crippen LogP contribution is 2.20. The third-order valence-electron chi connectivity index (χ3n) is 4.07.